The number of carbonyl (C=O) groups excluding carboxylic acids is 2. The number of piperazine rings is 1. The second-order valence-corrected chi connectivity index (χ2v) is 8.38. The van der Waals surface area contributed by atoms with Crippen LogP contribution in [0.25, 0.3) is 0 Å². The lowest BCUT2D eigenvalue weighted by atomic mass is 9.96. The van der Waals surface area contributed by atoms with Crippen LogP contribution in [-0.4, -0.2) is 59.0 Å². The summed E-state index contributed by atoms with van der Waals surface area (Å²) in [5.41, 5.74) is 2.51. The summed E-state index contributed by atoms with van der Waals surface area (Å²) < 4.78 is 5.06. The van der Waals surface area contributed by atoms with Crippen molar-refractivity contribution >= 4 is 17.6 Å². The van der Waals surface area contributed by atoms with Crippen molar-refractivity contribution in [3.8, 4) is 0 Å². The summed E-state index contributed by atoms with van der Waals surface area (Å²) in [6, 6.07) is 22.4. The lowest BCUT2D eigenvalue weighted by molar-refractivity contribution is -0.123. The van der Waals surface area contributed by atoms with Crippen LogP contribution in [0.5, 0.6) is 0 Å². The zero-order chi connectivity index (χ0) is 22.1. The maximum absolute atomic E-state index is 13.1. The summed E-state index contributed by atoms with van der Waals surface area (Å²) in [5.74, 6) is 0.430. The van der Waals surface area contributed by atoms with Gasteiger partial charge in [-0.05, 0) is 18.1 Å². The number of nitrogens with zero attached hydrogens (tertiary/aromatic N) is 4. The number of aromatic nitrogens is 1. The van der Waals surface area contributed by atoms with Crippen molar-refractivity contribution in [1.82, 2.24) is 15.0 Å². The minimum Gasteiger partial charge on any atom is -0.360 e. The molecule has 0 radical (unpaired) electrons. The molecular formula is C25H26N4O3. The van der Waals surface area contributed by atoms with Crippen molar-refractivity contribution in [1.29, 1.82) is 0 Å². The number of imide groups is 1. The van der Waals surface area contributed by atoms with E-state index in [4.69, 9.17) is 4.52 Å². The maximum Gasteiger partial charge on any atom is 0.252 e. The van der Waals surface area contributed by atoms with E-state index in [1.165, 1.54) is 16.0 Å². The van der Waals surface area contributed by atoms with Crippen LogP contribution in [0, 0.1) is 6.92 Å². The first kappa shape index (κ1) is 20.6. The quantitative estimate of drug-likeness (QED) is 0.580. The Kier molecular flexibility index (Phi) is 5.59. The molecule has 7 nitrogen and oxygen atoms in total. The van der Waals surface area contributed by atoms with Crippen molar-refractivity contribution in [2.45, 2.75) is 25.4 Å². The zero-order valence-corrected chi connectivity index (χ0v) is 18.1. The van der Waals surface area contributed by atoms with Gasteiger partial charge in [-0.15, -0.1) is 0 Å². The van der Waals surface area contributed by atoms with E-state index in [2.05, 4.69) is 63.5 Å². The molecule has 0 unspecified atom stereocenters. The zero-order valence-electron chi connectivity index (χ0n) is 18.1. The van der Waals surface area contributed by atoms with E-state index in [1.54, 1.807) is 13.0 Å². The Balaban J connectivity index is 1.31. The van der Waals surface area contributed by atoms with Crippen LogP contribution in [0.15, 0.2) is 71.3 Å². The van der Waals surface area contributed by atoms with Crippen molar-refractivity contribution in [3.63, 3.8) is 0 Å². The number of hydrogen-bond acceptors (Lipinski definition) is 6. The molecular weight excluding hydrogens is 404 g/mol. The van der Waals surface area contributed by atoms with Gasteiger partial charge in [0.25, 0.3) is 5.91 Å². The molecule has 1 aromatic heterocycles. The molecule has 2 aromatic carbocycles. The van der Waals surface area contributed by atoms with Crippen molar-refractivity contribution in [2.24, 2.45) is 0 Å². The van der Waals surface area contributed by atoms with Crippen LogP contribution in [0.1, 0.15) is 29.3 Å². The van der Waals surface area contributed by atoms with E-state index in [0.717, 1.165) is 26.2 Å². The fraction of sp³-hybridized carbons (Fsp3) is 0.320. The third kappa shape index (κ3) is 3.85. The number of anilines is 1. The van der Waals surface area contributed by atoms with Crippen LogP contribution < -0.4 is 4.90 Å². The molecule has 3 heterocycles. The Bertz CT molecular complexity index is 1050. The van der Waals surface area contributed by atoms with E-state index >= 15 is 0 Å². The molecule has 1 atom stereocenters. The first-order chi connectivity index (χ1) is 15.6. The van der Waals surface area contributed by atoms with Gasteiger partial charge in [0.15, 0.2) is 5.82 Å². The van der Waals surface area contributed by atoms with Gasteiger partial charge < -0.3 is 4.52 Å². The lowest BCUT2D eigenvalue weighted by Crippen LogP contribution is -2.53. The highest BCUT2D eigenvalue weighted by Crippen LogP contribution is 2.31. The summed E-state index contributed by atoms with van der Waals surface area (Å²) in [5, 5.41) is 3.86. The predicted octanol–water partition coefficient (Wildman–Crippen LogP) is 3.02. The van der Waals surface area contributed by atoms with Gasteiger partial charge in [-0.1, -0.05) is 65.8 Å². The van der Waals surface area contributed by atoms with E-state index in [9.17, 15) is 9.59 Å². The summed E-state index contributed by atoms with van der Waals surface area (Å²) >= 11 is 0. The molecule has 0 bridgehead atoms. The summed E-state index contributed by atoms with van der Waals surface area (Å²) in [6.45, 7) is 4.83. The molecule has 0 spiro atoms. The van der Waals surface area contributed by atoms with Gasteiger partial charge in [0.1, 0.15) is 5.76 Å². The monoisotopic (exact) mass is 430 g/mol. The molecule has 3 aromatic rings. The van der Waals surface area contributed by atoms with Crippen LogP contribution in [0.2, 0.25) is 0 Å². The Morgan fingerprint density at radius 1 is 0.906 bits per heavy atom. The molecule has 0 saturated carbocycles. The van der Waals surface area contributed by atoms with Gasteiger partial charge in [0.2, 0.25) is 5.91 Å². The topological polar surface area (TPSA) is 69.9 Å². The van der Waals surface area contributed by atoms with E-state index in [1.807, 2.05) is 12.1 Å². The number of rotatable bonds is 5. The van der Waals surface area contributed by atoms with Gasteiger partial charge in [-0.25, -0.2) is 4.90 Å². The normalized spacial score (nSPS) is 20.4. The molecule has 164 valence electrons. The molecule has 2 aliphatic rings. The van der Waals surface area contributed by atoms with Gasteiger partial charge in [0.05, 0.1) is 18.5 Å². The maximum atomic E-state index is 13.1. The van der Waals surface area contributed by atoms with Gasteiger partial charge in [-0.3, -0.25) is 19.4 Å². The van der Waals surface area contributed by atoms with E-state index < -0.39 is 6.04 Å². The summed E-state index contributed by atoms with van der Waals surface area (Å²) in [6.07, 6.45) is 0.186. The number of carbonyl (C=O) groups is 2. The average Bonchev–Trinajstić information content (AvgIpc) is 3.37. The smallest absolute Gasteiger partial charge is 0.252 e. The van der Waals surface area contributed by atoms with E-state index in [-0.39, 0.29) is 30.1 Å². The Labute approximate surface area is 187 Å². The molecule has 2 fully saturated rings. The van der Waals surface area contributed by atoms with E-state index in [0.29, 0.717) is 5.76 Å². The van der Waals surface area contributed by atoms with Gasteiger partial charge >= 0.3 is 0 Å². The van der Waals surface area contributed by atoms with Crippen LogP contribution in [-0.2, 0) is 9.59 Å². The number of benzene rings is 2. The average molecular weight is 431 g/mol. The molecule has 2 amide bonds. The standard InChI is InChI=1S/C25H26N4O3/c1-18-16-22(26-32-18)29-23(30)17-21(25(29)31)27-12-14-28(15-13-27)24(19-8-4-2-5-9-19)20-10-6-3-7-11-20/h2-11,16,21,24H,12-15,17H2,1H3/t21-/m1/s1. The highest BCUT2D eigenvalue weighted by atomic mass is 16.5. The third-order valence-corrected chi connectivity index (χ3v) is 6.35. The van der Waals surface area contributed by atoms with Crippen LogP contribution in [0.3, 0.4) is 0 Å². The van der Waals surface area contributed by atoms with Crippen molar-refractivity contribution in [2.75, 3.05) is 31.1 Å². The Hall–Kier alpha value is -3.29. The first-order valence-electron chi connectivity index (χ1n) is 11.0. The minimum absolute atomic E-state index is 0.162. The van der Waals surface area contributed by atoms with Crippen molar-refractivity contribution < 1.29 is 14.1 Å². The minimum atomic E-state index is -0.437. The highest BCUT2D eigenvalue weighted by Gasteiger charge is 2.44. The van der Waals surface area contributed by atoms with Crippen molar-refractivity contribution in [3.05, 3.63) is 83.6 Å². The van der Waals surface area contributed by atoms with Gasteiger partial charge in [-0.2, -0.15) is 0 Å². The largest absolute Gasteiger partial charge is 0.360 e. The molecule has 2 aliphatic heterocycles. The first-order valence-corrected chi connectivity index (χ1v) is 11.0. The second-order valence-electron chi connectivity index (χ2n) is 8.38. The molecule has 0 aliphatic carbocycles. The number of aryl methyl sites for hydroxylation is 1. The summed E-state index contributed by atoms with van der Waals surface area (Å²) in [7, 11) is 0. The Morgan fingerprint density at radius 3 is 2.03 bits per heavy atom. The predicted molar refractivity (Wildman–Crippen MR) is 120 cm³/mol. The number of amides is 2. The molecule has 2 saturated heterocycles. The summed E-state index contributed by atoms with van der Waals surface area (Å²) in [4.78, 5) is 31.4. The van der Waals surface area contributed by atoms with Gasteiger partial charge in [0, 0.05) is 32.2 Å². The fourth-order valence-electron chi connectivity index (χ4n) is 4.79. The molecule has 7 heteroatoms. The lowest BCUT2D eigenvalue weighted by Gasteiger charge is -2.41. The Morgan fingerprint density at radius 2 is 1.50 bits per heavy atom. The fourth-order valence-corrected chi connectivity index (χ4v) is 4.79. The SMILES string of the molecule is Cc1cc(N2C(=O)C[C@@H](N3CCN(C(c4ccccc4)c4ccccc4)CC3)C2=O)no1. The molecule has 0 N–H and O–H groups in total. The second kappa shape index (κ2) is 8.68. The molecule has 32 heavy (non-hydrogen) atoms. The molecule has 5 rings (SSSR count). The highest BCUT2D eigenvalue weighted by molar-refractivity contribution is 6.21. The third-order valence-electron chi connectivity index (χ3n) is 6.35. The van der Waals surface area contributed by atoms with Crippen LogP contribution >= 0.6 is 0 Å². The van der Waals surface area contributed by atoms with Crippen LogP contribution in [0.4, 0.5) is 5.82 Å². The number of hydrogen-bond donors (Lipinski definition) is 0.